The van der Waals surface area contributed by atoms with Crippen LogP contribution in [0.1, 0.15) is 33.4 Å². The molecule has 104 valence electrons. The van der Waals surface area contributed by atoms with E-state index in [0.29, 0.717) is 5.69 Å². The van der Waals surface area contributed by atoms with Crippen molar-refractivity contribution in [2.45, 2.75) is 45.2 Å². The lowest BCUT2D eigenvalue weighted by atomic mass is 9.88. The molecule has 0 amide bonds. The van der Waals surface area contributed by atoms with Crippen molar-refractivity contribution in [2.75, 3.05) is 7.05 Å². The zero-order chi connectivity index (χ0) is 14.1. The molecule has 5 nitrogen and oxygen atoms in total. The van der Waals surface area contributed by atoms with Gasteiger partial charge in [-0.1, -0.05) is 20.8 Å². The Morgan fingerprint density at radius 1 is 1.44 bits per heavy atom. The lowest BCUT2D eigenvalue weighted by Crippen LogP contribution is -2.42. The van der Waals surface area contributed by atoms with Gasteiger partial charge in [-0.3, -0.25) is 0 Å². The van der Waals surface area contributed by atoms with Crippen LogP contribution >= 0.6 is 0 Å². The summed E-state index contributed by atoms with van der Waals surface area (Å²) in [5, 5.41) is 8.95. The minimum atomic E-state index is -3.52. The third-order valence-electron chi connectivity index (χ3n) is 3.36. The summed E-state index contributed by atoms with van der Waals surface area (Å²) in [7, 11) is -1.94. The quantitative estimate of drug-likeness (QED) is 0.875. The monoisotopic (exact) mass is 274 g/mol. The maximum atomic E-state index is 12.4. The first-order valence-electron chi connectivity index (χ1n) is 5.87. The number of sulfonamides is 1. The zero-order valence-electron chi connectivity index (χ0n) is 11.6. The molecule has 0 bridgehead atoms. The van der Waals surface area contributed by atoms with Gasteiger partial charge in [0.25, 0.3) is 0 Å². The minimum Gasteiger partial charge on any atom is -0.390 e. The summed E-state index contributed by atoms with van der Waals surface area (Å²) >= 11 is 0. The Morgan fingerprint density at radius 3 is 2.39 bits per heavy atom. The molecule has 1 heterocycles. The predicted octanol–water partition coefficient (Wildman–Crippen LogP) is 1.56. The molecule has 0 aliphatic carbocycles. The maximum absolute atomic E-state index is 12.4. The minimum absolute atomic E-state index is 0.130. The van der Waals surface area contributed by atoms with Gasteiger partial charge in [0.1, 0.15) is 0 Å². The lowest BCUT2D eigenvalue weighted by molar-refractivity contribution is 0.216. The Balaban J connectivity index is 3.07. The molecule has 18 heavy (non-hydrogen) atoms. The third-order valence-corrected chi connectivity index (χ3v) is 5.27. The second kappa shape index (κ2) is 5.03. The van der Waals surface area contributed by atoms with Crippen LogP contribution in [0, 0.1) is 5.41 Å². The number of hydrogen-bond acceptors (Lipinski definition) is 3. The molecule has 2 N–H and O–H groups in total. The van der Waals surface area contributed by atoms with Gasteiger partial charge in [-0.15, -0.1) is 0 Å². The molecule has 6 heteroatoms. The molecule has 0 radical (unpaired) electrons. The van der Waals surface area contributed by atoms with Crippen LogP contribution in [0.3, 0.4) is 0 Å². The number of H-pyrrole nitrogens is 1. The molecule has 0 spiro atoms. The summed E-state index contributed by atoms with van der Waals surface area (Å²) in [4.78, 5) is 2.92. The van der Waals surface area contributed by atoms with Crippen LogP contribution in [0.25, 0.3) is 0 Å². The lowest BCUT2D eigenvalue weighted by Gasteiger charge is -2.34. The fourth-order valence-corrected chi connectivity index (χ4v) is 3.14. The zero-order valence-corrected chi connectivity index (χ0v) is 12.4. The van der Waals surface area contributed by atoms with Gasteiger partial charge in [0, 0.05) is 25.0 Å². The number of nitrogens with one attached hydrogen (secondary N) is 1. The first kappa shape index (κ1) is 15.2. The smallest absolute Gasteiger partial charge is 0.244 e. The Kier molecular flexibility index (Phi) is 4.25. The van der Waals surface area contributed by atoms with Crippen molar-refractivity contribution < 1.29 is 13.5 Å². The second-order valence-corrected chi connectivity index (χ2v) is 7.58. The van der Waals surface area contributed by atoms with Gasteiger partial charge in [0.2, 0.25) is 10.0 Å². The van der Waals surface area contributed by atoms with Gasteiger partial charge in [-0.25, -0.2) is 8.42 Å². The van der Waals surface area contributed by atoms with Gasteiger partial charge in [0.15, 0.2) is 0 Å². The largest absolute Gasteiger partial charge is 0.390 e. The average molecular weight is 274 g/mol. The molecule has 0 saturated heterocycles. The van der Waals surface area contributed by atoms with E-state index in [4.69, 9.17) is 5.11 Å². The van der Waals surface area contributed by atoms with Crippen LogP contribution in [-0.4, -0.2) is 35.9 Å². The number of aromatic nitrogens is 1. The highest BCUT2D eigenvalue weighted by molar-refractivity contribution is 7.89. The highest BCUT2D eigenvalue weighted by Gasteiger charge is 2.32. The van der Waals surface area contributed by atoms with Crippen LogP contribution in [0.15, 0.2) is 17.2 Å². The highest BCUT2D eigenvalue weighted by atomic mass is 32.2. The average Bonchev–Trinajstić information content (AvgIpc) is 2.74. The summed E-state index contributed by atoms with van der Waals surface area (Å²) in [5.74, 6) is 0. The van der Waals surface area contributed by atoms with Crippen molar-refractivity contribution in [3.8, 4) is 0 Å². The number of hydrogen-bond donors (Lipinski definition) is 2. The van der Waals surface area contributed by atoms with Crippen LogP contribution in [-0.2, 0) is 16.6 Å². The molecule has 1 rings (SSSR count). The number of aliphatic hydroxyl groups excluding tert-OH is 1. The van der Waals surface area contributed by atoms with E-state index in [1.807, 2.05) is 27.7 Å². The first-order valence-corrected chi connectivity index (χ1v) is 7.31. The van der Waals surface area contributed by atoms with E-state index in [-0.39, 0.29) is 23.0 Å². The maximum Gasteiger partial charge on any atom is 0.244 e. The van der Waals surface area contributed by atoms with Crippen molar-refractivity contribution in [1.29, 1.82) is 0 Å². The van der Waals surface area contributed by atoms with Crippen LogP contribution in [0.2, 0.25) is 0 Å². The topological polar surface area (TPSA) is 73.4 Å². The number of aliphatic hydroxyl groups is 1. The Labute approximate surface area is 109 Å². The van der Waals surface area contributed by atoms with E-state index in [2.05, 4.69) is 4.98 Å². The molecule has 1 aromatic rings. The molecule has 0 saturated carbocycles. The molecular formula is C12H22N2O3S. The molecule has 0 aliphatic rings. The Morgan fingerprint density at radius 2 is 2.00 bits per heavy atom. The van der Waals surface area contributed by atoms with Gasteiger partial charge in [0.05, 0.1) is 11.5 Å². The molecular weight excluding hydrogens is 252 g/mol. The standard InChI is InChI=1S/C12H22N2O3S/c1-9(12(2,3)4)14(5)18(16,17)11-6-10(8-15)13-7-11/h6-7,9,13,15H,8H2,1-5H3. The molecule has 1 unspecified atom stereocenters. The van der Waals surface area contributed by atoms with Gasteiger partial charge in [-0.05, 0) is 18.4 Å². The second-order valence-electron chi connectivity index (χ2n) is 5.58. The van der Waals surface area contributed by atoms with Crippen LogP contribution < -0.4 is 0 Å². The number of nitrogens with zero attached hydrogens (tertiary/aromatic N) is 1. The first-order chi connectivity index (χ1) is 8.10. The SMILES string of the molecule is CC(N(C)S(=O)(=O)c1c[nH]c(CO)c1)C(C)(C)C. The summed E-state index contributed by atoms with van der Waals surface area (Å²) in [6, 6.07) is 1.33. The van der Waals surface area contributed by atoms with E-state index in [9.17, 15) is 8.42 Å². The van der Waals surface area contributed by atoms with Gasteiger partial charge in [-0.2, -0.15) is 4.31 Å². The molecule has 0 aromatic carbocycles. The fourth-order valence-electron chi connectivity index (χ4n) is 1.58. The van der Waals surface area contributed by atoms with Crippen LogP contribution in [0.5, 0.6) is 0 Å². The van der Waals surface area contributed by atoms with E-state index in [0.717, 1.165) is 0 Å². The van der Waals surface area contributed by atoms with Crippen molar-refractivity contribution >= 4 is 10.0 Å². The summed E-state index contributed by atoms with van der Waals surface area (Å²) in [6.07, 6.45) is 1.41. The van der Waals surface area contributed by atoms with E-state index in [1.165, 1.54) is 16.6 Å². The number of rotatable bonds is 4. The fraction of sp³-hybridized carbons (Fsp3) is 0.667. The van der Waals surface area contributed by atoms with E-state index < -0.39 is 10.0 Å². The highest BCUT2D eigenvalue weighted by Crippen LogP contribution is 2.27. The summed E-state index contributed by atoms with van der Waals surface area (Å²) < 4.78 is 26.1. The van der Waals surface area contributed by atoms with Gasteiger partial charge < -0.3 is 10.1 Å². The van der Waals surface area contributed by atoms with E-state index in [1.54, 1.807) is 7.05 Å². The molecule has 0 aliphatic heterocycles. The predicted molar refractivity (Wildman–Crippen MR) is 70.6 cm³/mol. The van der Waals surface area contributed by atoms with E-state index >= 15 is 0 Å². The Hall–Kier alpha value is -0.850. The number of aromatic amines is 1. The van der Waals surface area contributed by atoms with Gasteiger partial charge >= 0.3 is 0 Å². The van der Waals surface area contributed by atoms with Crippen molar-refractivity contribution in [3.63, 3.8) is 0 Å². The van der Waals surface area contributed by atoms with Crippen molar-refractivity contribution in [1.82, 2.24) is 9.29 Å². The molecule has 1 aromatic heterocycles. The van der Waals surface area contributed by atoms with Crippen LogP contribution in [0.4, 0.5) is 0 Å². The van der Waals surface area contributed by atoms with Crippen molar-refractivity contribution in [3.05, 3.63) is 18.0 Å². The normalized spacial score (nSPS) is 15.1. The summed E-state index contributed by atoms with van der Waals surface area (Å²) in [5.41, 5.74) is 0.350. The van der Waals surface area contributed by atoms with Crippen molar-refractivity contribution in [2.24, 2.45) is 5.41 Å². The third kappa shape index (κ3) is 2.93. The molecule has 1 atom stereocenters. The molecule has 0 fully saturated rings. The summed E-state index contributed by atoms with van der Waals surface area (Å²) in [6.45, 7) is 7.69. The Bertz CT molecular complexity index is 500.